The molecule has 0 aromatic carbocycles. The second-order valence-corrected chi connectivity index (χ2v) is 6.04. The first-order chi connectivity index (χ1) is 7.54. The molecule has 96 valence electrons. The lowest BCUT2D eigenvalue weighted by Crippen LogP contribution is -2.48. The zero-order valence-electron chi connectivity index (χ0n) is 11.8. The van der Waals surface area contributed by atoms with Crippen LogP contribution in [-0.4, -0.2) is 37.1 Å². The maximum absolute atomic E-state index is 3.52. The minimum Gasteiger partial charge on any atom is -0.315 e. The normalized spacial score (nSPS) is 24.6. The van der Waals surface area contributed by atoms with Crippen LogP contribution >= 0.6 is 0 Å². The van der Waals surface area contributed by atoms with Crippen molar-refractivity contribution in [2.75, 3.05) is 20.1 Å². The Morgan fingerprint density at radius 2 is 2.00 bits per heavy atom. The molecule has 2 unspecified atom stereocenters. The fourth-order valence-corrected chi connectivity index (χ4v) is 3.07. The molecular weight excluding hydrogens is 196 g/mol. The Morgan fingerprint density at radius 1 is 1.31 bits per heavy atom. The van der Waals surface area contributed by atoms with Crippen LogP contribution in [0.25, 0.3) is 0 Å². The Kier molecular flexibility index (Phi) is 5.26. The van der Waals surface area contributed by atoms with Crippen molar-refractivity contribution in [3.05, 3.63) is 0 Å². The van der Waals surface area contributed by atoms with E-state index < -0.39 is 0 Å². The molecule has 2 atom stereocenters. The van der Waals surface area contributed by atoms with Crippen LogP contribution in [0.3, 0.4) is 0 Å². The maximum atomic E-state index is 3.52. The van der Waals surface area contributed by atoms with E-state index in [0.717, 1.165) is 6.04 Å². The predicted octanol–water partition coefficient (Wildman–Crippen LogP) is 2.89. The third kappa shape index (κ3) is 3.46. The summed E-state index contributed by atoms with van der Waals surface area (Å²) < 4.78 is 0. The summed E-state index contributed by atoms with van der Waals surface area (Å²) in [6.45, 7) is 12.0. The van der Waals surface area contributed by atoms with E-state index in [1.807, 2.05) is 0 Å². The molecule has 0 aliphatic carbocycles. The number of likely N-dealkylation sites (tertiary alicyclic amines) is 1. The zero-order chi connectivity index (χ0) is 12.2. The molecule has 0 bridgehead atoms. The van der Waals surface area contributed by atoms with Crippen molar-refractivity contribution < 1.29 is 0 Å². The Morgan fingerprint density at radius 3 is 2.38 bits per heavy atom. The van der Waals surface area contributed by atoms with Gasteiger partial charge in [-0.3, -0.25) is 4.90 Å². The average molecular weight is 226 g/mol. The topological polar surface area (TPSA) is 15.3 Å². The highest BCUT2D eigenvalue weighted by atomic mass is 15.2. The van der Waals surface area contributed by atoms with Gasteiger partial charge < -0.3 is 5.32 Å². The highest BCUT2D eigenvalue weighted by Gasteiger charge is 2.34. The molecule has 2 heteroatoms. The lowest BCUT2D eigenvalue weighted by molar-refractivity contribution is 0.167. The molecule has 0 aromatic rings. The van der Waals surface area contributed by atoms with Crippen molar-refractivity contribution in [2.24, 2.45) is 5.41 Å². The van der Waals surface area contributed by atoms with Gasteiger partial charge in [0.25, 0.3) is 0 Å². The van der Waals surface area contributed by atoms with Crippen LogP contribution in [0, 0.1) is 5.41 Å². The Hall–Kier alpha value is -0.0800. The van der Waals surface area contributed by atoms with Gasteiger partial charge in [0.1, 0.15) is 0 Å². The van der Waals surface area contributed by atoms with Crippen molar-refractivity contribution >= 4 is 0 Å². The van der Waals surface area contributed by atoms with E-state index >= 15 is 0 Å². The number of likely N-dealkylation sites (N-methyl/N-ethyl adjacent to an activating group) is 1. The lowest BCUT2D eigenvalue weighted by Gasteiger charge is -2.34. The quantitative estimate of drug-likeness (QED) is 0.749. The third-order valence-electron chi connectivity index (χ3n) is 4.03. The smallest absolute Gasteiger partial charge is 0.0246 e. The molecule has 0 aromatic heterocycles. The van der Waals surface area contributed by atoms with Gasteiger partial charge in [0, 0.05) is 18.6 Å². The first-order valence-corrected chi connectivity index (χ1v) is 6.95. The largest absolute Gasteiger partial charge is 0.315 e. The van der Waals surface area contributed by atoms with E-state index in [2.05, 4.69) is 45.0 Å². The number of rotatable bonds is 6. The summed E-state index contributed by atoms with van der Waals surface area (Å²) in [5.41, 5.74) is 0.526. The molecule has 1 heterocycles. The molecule has 0 amide bonds. The molecule has 0 saturated carbocycles. The van der Waals surface area contributed by atoms with E-state index in [9.17, 15) is 0 Å². The van der Waals surface area contributed by atoms with Crippen molar-refractivity contribution in [1.82, 2.24) is 10.2 Å². The van der Waals surface area contributed by atoms with Crippen LogP contribution in [0.5, 0.6) is 0 Å². The van der Waals surface area contributed by atoms with Crippen molar-refractivity contribution in [1.29, 1.82) is 0 Å². The van der Waals surface area contributed by atoms with Gasteiger partial charge in [-0.05, 0) is 38.3 Å². The van der Waals surface area contributed by atoms with Gasteiger partial charge in [-0.15, -0.1) is 0 Å². The lowest BCUT2D eigenvalue weighted by atomic mass is 9.93. The molecule has 1 fully saturated rings. The molecule has 1 N–H and O–H groups in total. The monoisotopic (exact) mass is 226 g/mol. The van der Waals surface area contributed by atoms with E-state index in [0.29, 0.717) is 11.5 Å². The zero-order valence-corrected chi connectivity index (χ0v) is 11.8. The number of hydrogen-bond donors (Lipinski definition) is 1. The van der Waals surface area contributed by atoms with Crippen LogP contribution in [0.1, 0.15) is 53.4 Å². The summed E-state index contributed by atoms with van der Waals surface area (Å²) in [5, 5.41) is 3.52. The number of hydrogen-bond acceptors (Lipinski definition) is 2. The molecule has 0 spiro atoms. The van der Waals surface area contributed by atoms with E-state index in [4.69, 9.17) is 0 Å². The van der Waals surface area contributed by atoms with Gasteiger partial charge in [-0.1, -0.05) is 34.1 Å². The van der Waals surface area contributed by atoms with Crippen molar-refractivity contribution in [2.45, 2.75) is 65.5 Å². The van der Waals surface area contributed by atoms with Gasteiger partial charge in [0.05, 0.1) is 0 Å². The van der Waals surface area contributed by atoms with Crippen LogP contribution in [0.2, 0.25) is 0 Å². The molecule has 1 aliphatic rings. The van der Waals surface area contributed by atoms with Gasteiger partial charge in [-0.25, -0.2) is 0 Å². The minimum atomic E-state index is 0.526. The molecule has 0 radical (unpaired) electrons. The molecule has 2 nitrogen and oxygen atoms in total. The fourth-order valence-electron chi connectivity index (χ4n) is 3.07. The molecular formula is C14H30N2. The average Bonchev–Trinajstić information content (AvgIpc) is 2.58. The minimum absolute atomic E-state index is 0.526. The SMILES string of the molecule is CCCC(NC)C(CC)N1CCC(C)(C)C1. The van der Waals surface area contributed by atoms with Crippen LogP contribution in [-0.2, 0) is 0 Å². The first-order valence-electron chi connectivity index (χ1n) is 6.95. The summed E-state index contributed by atoms with van der Waals surface area (Å²) >= 11 is 0. The number of nitrogens with one attached hydrogen (secondary N) is 1. The van der Waals surface area contributed by atoms with E-state index in [1.54, 1.807) is 0 Å². The second kappa shape index (κ2) is 6.02. The summed E-state index contributed by atoms with van der Waals surface area (Å²) in [6.07, 6.45) is 5.19. The number of nitrogens with zero attached hydrogens (tertiary/aromatic N) is 1. The van der Waals surface area contributed by atoms with Gasteiger partial charge in [0.15, 0.2) is 0 Å². The van der Waals surface area contributed by atoms with Gasteiger partial charge in [-0.2, -0.15) is 0 Å². The molecule has 1 aliphatic heterocycles. The summed E-state index contributed by atoms with van der Waals surface area (Å²) in [4.78, 5) is 2.71. The highest BCUT2D eigenvalue weighted by molar-refractivity contribution is 4.90. The summed E-state index contributed by atoms with van der Waals surface area (Å²) in [5.74, 6) is 0. The molecule has 1 saturated heterocycles. The Balaban J connectivity index is 2.59. The predicted molar refractivity (Wildman–Crippen MR) is 71.8 cm³/mol. The van der Waals surface area contributed by atoms with Gasteiger partial charge in [0.2, 0.25) is 0 Å². The van der Waals surface area contributed by atoms with Crippen molar-refractivity contribution in [3.63, 3.8) is 0 Å². The molecule has 16 heavy (non-hydrogen) atoms. The van der Waals surface area contributed by atoms with E-state index in [-0.39, 0.29) is 0 Å². The van der Waals surface area contributed by atoms with Gasteiger partial charge >= 0.3 is 0 Å². The van der Waals surface area contributed by atoms with Crippen LogP contribution in [0.4, 0.5) is 0 Å². The highest BCUT2D eigenvalue weighted by Crippen LogP contribution is 2.31. The van der Waals surface area contributed by atoms with Crippen LogP contribution < -0.4 is 5.32 Å². The Labute approximate surface area is 102 Å². The third-order valence-corrected chi connectivity index (χ3v) is 4.03. The summed E-state index contributed by atoms with van der Waals surface area (Å²) in [7, 11) is 2.12. The van der Waals surface area contributed by atoms with Crippen molar-refractivity contribution in [3.8, 4) is 0 Å². The standard InChI is InChI=1S/C14H30N2/c1-6-8-12(15-5)13(7-2)16-10-9-14(3,4)11-16/h12-13,15H,6-11H2,1-5H3. The van der Waals surface area contributed by atoms with Crippen LogP contribution in [0.15, 0.2) is 0 Å². The first kappa shape index (κ1) is 14.0. The Bertz CT molecular complexity index is 201. The van der Waals surface area contributed by atoms with E-state index in [1.165, 1.54) is 38.8 Å². The summed E-state index contributed by atoms with van der Waals surface area (Å²) in [6, 6.07) is 1.40. The molecule has 1 rings (SSSR count). The maximum Gasteiger partial charge on any atom is 0.0246 e. The second-order valence-electron chi connectivity index (χ2n) is 6.04. The fraction of sp³-hybridized carbons (Fsp3) is 1.00.